The number of aliphatic hydroxyl groups excluding tert-OH is 1. The van der Waals surface area contributed by atoms with Crippen molar-refractivity contribution in [3.63, 3.8) is 0 Å². The molecule has 184 valence electrons. The number of alkyl halides is 3. The van der Waals surface area contributed by atoms with Crippen molar-refractivity contribution in [3.8, 4) is 16.9 Å². The van der Waals surface area contributed by atoms with E-state index in [1.54, 1.807) is 24.3 Å². The van der Waals surface area contributed by atoms with E-state index in [1.165, 1.54) is 30.5 Å². The molecule has 2 heterocycles. The average molecular weight is 507 g/mol. The van der Waals surface area contributed by atoms with Gasteiger partial charge in [0.15, 0.2) is 11.6 Å². The molecule has 1 aromatic heterocycles. The maximum Gasteiger partial charge on any atom is 0.416 e. The third kappa shape index (κ3) is 5.97. The van der Waals surface area contributed by atoms with Crippen LogP contribution in [0.15, 0.2) is 66.9 Å². The summed E-state index contributed by atoms with van der Waals surface area (Å²) in [6.07, 6.45) is -3.04. The van der Waals surface area contributed by atoms with E-state index in [2.05, 4.69) is 4.98 Å². The van der Waals surface area contributed by atoms with Gasteiger partial charge in [0.1, 0.15) is 5.75 Å². The lowest BCUT2D eigenvalue weighted by molar-refractivity contribution is -0.137. The van der Waals surface area contributed by atoms with E-state index in [9.17, 15) is 27.6 Å². The number of nitrogens with zero attached hydrogens (tertiary/aromatic N) is 1. The van der Waals surface area contributed by atoms with Crippen LogP contribution in [0, 0.1) is 0 Å². The minimum absolute atomic E-state index is 0.0644. The van der Waals surface area contributed by atoms with E-state index in [1.807, 2.05) is 0 Å². The van der Waals surface area contributed by atoms with Gasteiger partial charge in [-0.15, -0.1) is 0 Å². The number of aliphatic hydroxyl groups is 1. The van der Waals surface area contributed by atoms with Gasteiger partial charge in [-0.1, -0.05) is 24.3 Å². The van der Waals surface area contributed by atoms with E-state index in [4.69, 9.17) is 13.8 Å². The largest absolute Gasteiger partial charge is 0.493 e. The van der Waals surface area contributed by atoms with Crippen molar-refractivity contribution in [2.45, 2.75) is 18.4 Å². The third-order valence-corrected chi connectivity index (χ3v) is 7.24. The minimum atomic E-state index is -4.38. The van der Waals surface area contributed by atoms with Gasteiger partial charge in [0.25, 0.3) is 0 Å². The van der Waals surface area contributed by atoms with E-state index >= 15 is 0 Å². The van der Waals surface area contributed by atoms with Crippen LogP contribution in [0.2, 0.25) is 0 Å². The third-order valence-electron chi connectivity index (χ3n) is 5.30. The number of hydrogen-bond donors (Lipinski definition) is 1. The van der Waals surface area contributed by atoms with Crippen molar-refractivity contribution in [3.05, 3.63) is 83.7 Å². The molecule has 1 atom stereocenters. The second-order valence-corrected chi connectivity index (χ2v) is 9.76. The van der Waals surface area contributed by atoms with Gasteiger partial charge in [-0.05, 0) is 47.5 Å². The predicted octanol–water partition coefficient (Wildman–Crippen LogP) is 5.65. The fraction of sp³-hybridized carbons (Fsp3) is 0.250. The quantitative estimate of drug-likeness (QED) is 0.311. The molecule has 0 saturated carbocycles. The van der Waals surface area contributed by atoms with Gasteiger partial charge >= 0.3 is 13.8 Å². The van der Waals surface area contributed by atoms with Gasteiger partial charge < -0.3 is 18.9 Å². The molecule has 1 N–H and O–H groups in total. The van der Waals surface area contributed by atoms with Crippen LogP contribution in [-0.2, 0) is 19.8 Å². The zero-order valence-corrected chi connectivity index (χ0v) is 19.2. The van der Waals surface area contributed by atoms with Gasteiger partial charge in [0, 0.05) is 18.2 Å². The number of rotatable bonds is 8. The van der Waals surface area contributed by atoms with E-state index < -0.39 is 25.2 Å². The van der Waals surface area contributed by atoms with Crippen LogP contribution in [0.25, 0.3) is 11.1 Å². The first kappa shape index (κ1) is 25.1. The van der Waals surface area contributed by atoms with E-state index in [0.717, 1.165) is 17.7 Å². The molecular weight excluding hydrogens is 486 g/mol. The predicted molar refractivity (Wildman–Crippen MR) is 120 cm³/mol. The van der Waals surface area contributed by atoms with E-state index in [-0.39, 0.29) is 37.7 Å². The monoisotopic (exact) mass is 507 g/mol. The van der Waals surface area contributed by atoms with Crippen molar-refractivity contribution in [1.82, 2.24) is 4.98 Å². The standard InChI is InChI=1S/C24H21F3NO6P/c25-24(26,27)19-6-1-16(2-7-19)17-3-8-20(9-4-17)32-12-11-22(29)18-5-10-21(28-15-18)23(30)35(31)33-13-14-34-35/h1-10,15,23,30H,11-14H2. The summed E-state index contributed by atoms with van der Waals surface area (Å²) in [4.78, 5) is 16.4. The lowest BCUT2D eigenvalue weighted by Gasteiger charge is -2.16. The molecule has 0 spiro atoms. The number of ether oxygens (including phenoxy) is 1. The highest BCUT2D eigenvalue weighted by molar-refractivity contribution is 7.54. The number of Topliss-reactive ketones (excluding diaryl/α,β-unsaturated/α-hetero) is 1. The number of hydrogen-bond acceptors (Lipinski definition) is 7. The van der Waals surface area contributed by atoms with Crippen LogP contribution in [0.5, 0.6) is 5.75 Å². The summed E-state index contributed by atoms with van der Waals surface area (Å²) in [6, 6.07) is 14.5. The Bertz CT molecular complexity index is 1200. The summed E-state index contributed by atoms with van der Waals surface area (Å²) in [6.45, 7) is 0.352. The lowest BCUT2D eigenvalue weighted by Crippen LogP contribution is -2.08. The highest BCUT2D eigenvalue weighted by Crippen LogP contribution is 2.61. The second-order valence-electron chi connectivity index (χ2n) is 7.67. The highest BCUT2D eigenvalue weighted by atomic mass is 31.2. The summed E-state index contributed by atoms with van der Waals surface area (Å²) in [5.74, 6) is -1.26. The number of pyridine rings is 1. The second kappa shape index (κ2) is 10.3. The number of carbonyl (C=O) groups is 1. The van der Waals surface area contributed by atoms with Crippen LogP contribution >= 0.6 is 7.60 Å². The smallest absolute Gasteiger partial charge is 0.416 e. The van der Waals surface area contributed by atoms with Crippen LogP contribution in [-0.4, -0.2) is 35.7 Å². The normalized spacial score (nSPS) is 16.1. The first-order chi connectivity index (χ1) is 16.7. The van der Waals surface area contributed by atoms with Crippen molar-refractivity contribution in [2.24, 2.45) is 0 Å². The molecule has 4 rings (SSSR count). The summed E-state index contributed by atoms with van der Waals surface area (Å²) < 4.78 is 66.0. The van der Waals surface area contributed by atoms with Crippen molar-refractivity contribution >= 4 is 13.4 Å². The molecule has 11 heteroatoms. The van der Waals surface area contributed by atoms with Gasteiger partial charge in [0.2, 0.25) is 0 Å². The molecule has 0 radical (unpaired) electrons. The van der Waals surface area contributed by atoms with Crippen molar-refractivity contribution < 1.29 is 41.4 Å². The minimum Gasteiger partial charge on any atom is -0.493 e. The average Bonchev–Trinajstić information content (AvgIpc) is 3.31. The van der Waals surface area contributed by atoms with Gasteiger partial charge in [-0.2, -0.15) is 13.2 Å². The maximum atomic E-state index is 12.7. The summed E-state index contributed by atoms with van der Waals surface area (Å²) in [7, 11) is -3.66. The number of aromatic nitrogens is 1. The Hall–Kier alpha value is -3.04. The zero-order valence-electron chi connectivity index (χ0n) is 18.3. The molecule has 0 aliphatic carbocycles. The molecule has 1 aliphatic heterocycles. The molecule has 1 saturated heterocycles. The Balaban J connectivity index is 1.29. The zero-order chi connectivity index (χ0) is 25.1. The molecule has 35 heavy (non-hydrogen) atoms. The summed E-state index contributed by atoms with van der Waals surface area (Å²) in [5.41, 5.74) is 1.03. The fourth-order valence-corrected chi connectivity index (χ4v) is 4.89. The van der Waals surface area contributed by atoms with Crippen LogP contribution in [0.3, 0.4) is 0 Å². The van der Waals surface area contributed by atoms with Gasteiger partial charge in [-0.25, -0.2) is 0 Å². The fourth-order valence-electron chi connectivity index (χ4n) is 3.39. The Morgan fingerprint density at radius 2 is 1.60 bits per heavy atom. The molecule has 3 aromatic rings. The molecule has 0 amide bonds. The van der Waals surface area contributed by atoms with E-state index in [0.29, 0.717) is 16.9 Å². The Morgan fingerprint density at radius 3 is 2.14 bits per heavy atom. The van der Waals surface area contributed by atoms with Crippen molar-refractivity contribution in [1.29, 1.82) is 0 Å². The van der Waals surface area contributed by atoms with Gasteiger partial charge in [-0.3, -0.25) is 14.3 Å². The number of halogens is 3. The molecule has 7 nitrogen and oxygen atoms in total. The Morgan fingerprint density at radius 1 is 1.00 bits per heavy atom. The number of benzene rings is 2. The number of carbonyl (C=O) groups excluding carboxylic acids is 1. The Kier molecular flexibility index (Phi) is 7.37. The first-order valence-corrected chi connectivity index (χ1v) is 12.2. The highest BCUT2D eigenvalue weighted by Gasteiger charge is 2.40. The molecule has 1 unspecified atom stereocenters. The summed E-state index contributed by atoms with van der Waals surface area (Å²) in [5, 5.41) is 10.2. The summed E-state index contributed by atoms with van der Waals surface area (Å²) >= 11 is 0. The SMILES string of the molecule is O=C(CCOc1ccc(-c2ccc(C(F)(F)F)cc2)cc1)c1ccc(C(O)P2(=O)OCCO2)nc1. The first-order valence-electron chi connectivity index (χ1n) is 10.6. The van der Waals surface area contributed by atoms with Crippen LogP contribution in [0.1, 0.15) is 33.9 Å². The molecular formula is C24H21F3NO6P. The molecule has 2 aromatic carbocycles. The maximum absolute atomic E-state index is 12.7. The lowest BCUT2D eigenvalue weighted by atomic mass is 10.0. The molecule has 1 fully saturated rings. The molecule has 1 aliphatic rings. The van der Waals surface area contributed by atoms with Crippen LogP contribution < -0.4 is 4.74 Å². The van der Waals surface area contributed by atoms with Crippen molar-refractivity contribution in [2.75, 3.05) is 19.8 Å². The van der Waals surface area contributed by atoms with Crippen LogP contribution in [0.4, 0.5) is 13.2 Å². The topological polar surface area (TPSA) is 95.0 Å². The Labute approximate surface area is 199 Å². The molecule has 0 bridgehead atoms. The van der Waals surface area contributed by atoms with Gasteiger partial charge in [0.05, 0.1) is 31.1 Å². The number of ketones is 1.